The lowest BCUT2D eigenvalue weighted by Crippen LogP contribution is -2.11. The molecule has 0 N–H and O–H groups in total. The molecule has 0 radical (unpaired) electrons. The summed E-state index contributed by atoms with van der Waals surface area (Å²) >= 11 is 11.3. The number of rotatable bonds is 5. The first-order chi connectivity index (χ1) is 8.49. The van der Waals surface area contributed by atoms with Crippen LogP contribution in [-0.2, 0) is 21.8 Å². The van der Waals surface area contributed by atoms with Crippen molar-refractivity contribution >= 4 is 29.2 Å². The van der Waals surface area contributed by atoms with Gasteiger partial charge in [0.15, 0.2) is 0 Å². The summed E-state index contributed by atoms with van der Waals surface area (Å²) < 4.78 is 30.3. The Hall–Kier alpha value is -0.940. The summed E-state index contributed by atoms with van der Waals surface area (Å²) in [4.78, 5) is 14.9. The molecule has 0 fully saturated rings. The molecule has 0 bridgehead atoms. The fourth-order valence-electron chi connectivity index (χ4n) is 1.38. The first-order valence-electron chi connectivity index (χ1n) is 5.17. The molecule has 1 aromatic rings. The van der Waals surface area contributed by atoms with Crippen LogP contribution in [0, 0.1) is 0 Å². The molecule has 7 heteroatoms. The zero-order chi connectivity index (χ0) is 13.7. The van der Waals surface area contributed by atoms with Gasteiger partial charge in [0.25, 0.3) is 6.43 Å². The monoisotopic (exact) mass is 297 g/mol. The lowest BCUT2D eigenvalue weighted by Gasteiger charge is -2.10. The van der Waals surface area contributed by atoms with Gasteiger partial charge in [0.2, 0.25) is 0 Å². The van der Waals surface area contributed by atoms with Gasteiger partial charge in [-0.3, -0.25) is 4.79 Å². The first kappa shape index (κ1) is 15.1. The number of pyridine rings is 1. The van der Waals surface area contributed by atoms with Crippen LogP contribution in [0.2, 0.25) is 5.15 Å². The number of alkyl halides is 3. The van der Waals surface area contributed by atoms with E-state index in [0.29, 0.717) is 5.56 Å². The molecular weight excluding hydrogens is 287 g/mol. The molecule has 0 amide bonds. The Bertz CT molecular complexity index is 441. The number of halogens is 4. The minimum absolute atomic E-state index is 0.0329. The molecule has 0 saturated carbocycles. The molecule has 0 saturated heterocycles. The Labute approximate surface area is 113 Å². The van der Waals surface area contributed by atoms with Crippen LogP contribution in [0.4, 0.5) is 8.78 Å². The van der Waals surface area contributed by atoms with E-state index in [1.165, 1.54) is 6.07 Å². The molecule has 3 nitrogen and oxygen atoms in total. The highest BCUT2D eigenvalue weighted by atomic mass is 35.5. The summed E-state index contributed by atoms with van der Waals surface area (Å²) in [6.07, 6.45) is -3.09. The molecule has 0 atom stereocenters. The van der Waals surface area contributed by atoms with Crippen molar-refractivity contribution in [3.63, 3.8) is 0 Å². The molecular formula is C11H11Cl2F2NO2. The fraction of sp³-hybridized carbons (Fsp3) is 0.455. The second-order valence-electron chi connectivity index (χ2n) is 3.40. The molecule has 0 aliphatic rings. The van der Waals surface area contributed by atoms with Gasteiger partial charge in [-0.25, -0.2) is 13.8 Å². The van der Waals surface area contributed by atoms with Crippen molar-refractivity contribution in [3.8, 4) is 0 Å². The van der Waals surface area contributed by atoms with Gasteiger partial charge < -0.3 is 4.74 Å². The maximum Gasteiger partial charge on any atom is 0.310 e. The molecule has 0 aliphatic heterocycles. The van der Waals surface area contributed by atoms with Crippen LogP contribution in [0.25, 0.3) is 0 Å². The maximum atomic E-state index is 12.8. The number of hydrogen-bond acceptors (Lipinski definition) is 3. The van der Waals surface area contributed by atoms with E-state index in [0.717, 1.165) is 0 Å². The van der Waals surface area contributed by atoms with Crippen molar-refractivity contribution in [1.82, 2.24) is 4.98 Å². The van der Waals surface area contributed by atoms with Gasteiger partial charge in [-0.05, 0) is 18.6 Å². The number of nitrogens with zero attached hydrogens (tertiary/aromatic N) is 1. The third-order valence-electron chi connectivity index (χ3n) is 2.15. The Morgan fingerprint density at radius 1 is 1.50 bits per heavy atom. The second-order valence-corrected chi connectivity index (χ2v) is 4.02. The van der Waals surface area contributed by atoms with Crippen molar-refractivity contribution in [1.29, 1.82) is 0 Å². The Morgan fingerprint density at radius 3 is 2.67 bits per heavy atom. The molecule has 1 aromatic heterocycles. The maximum absolute atomic E-state index is 12.8. The van der Waals surface area contributed by atoms with Crippen molar-refractivity contribution in [2.45, 2.75) is 25.7 Å². The topological polar surface area (TPSA) is 39.2 Å². The van der Waals surface area contributed by atoms with Gasteiger partial charge in [-0.1, -0.05) is 11.6 Å². The van der Waals surface area contributed by atoms with Crippen molar-refractivity contribution in [2.75, 3.05) is 6.61 Å². The number of esters is 1. The van der Waals surface area contributed by atoms with Crippen LogP contribution in [-0.4, -0.2) is 17.6 Å². The number of carbonyl (C=O) groups excluding carboxylic acids is 1. The third kappa shape index (κ3) is 3.78. The SMILES string of the molecule is CCOC(=O)Cc1cc(CCl)c(Cl)nc1C(F)F. The molecule has 1 heterocycles. The molecule has 0 aromatic carbocycles. The second kappa shape index (κ2) is 6.85. The summed E-state index contributed by atoms with van der Waals surface area (Å²) in [5, 5.41) is -0.0760. The normalized spacial score (nSPS) is 10.8. The molecule has 1 rings (SSSR count). The average molecular weight is 298 g/mol. The lowest BCUT2D eigenvalue weighted by atomic mass is 10.1. The van der Waals surface area contributed by atoms with Crippen molar-refractivity contribution in [3.05, 3.63) is 28.0 Å². The number of carbonyl (C=O) groups is 1. The standard InChI is InChI=1S/C11H11Cl2F2NO2/c1-2-18-8(17)4-6-3-7(5-12)10(13)16-9(6)11(14)15/h3,11H,2,4-5H2,1H3. The van der Waals surface area contributed by atoms with Gasteiger partial charge in [0.05, 0.1) is 18.9 Å². The summed E-state index contributed by atoms with van der Waals surface area (Å²) in [5.41, 5.74) is -0.0209. The summed E-state index contributed by atoms with van der Waals surface area (Å²) in [6.45, 7) is 1.82. The van der Waals surface area contributed by atoms with E-state index in [2.05, 4.69) is 4.98 Å². The van der Waals surface area contributed by atoms with Gasteiger partial charge in [-0.15, -0.1) is 11.6 Å². The van der Waals surface area contributed by atoms with E-state index in [4.69, 9.17) is 27.9 Å². The van der Waals surface area contributed by atoms with Crippen LogP contribution < -0.4 is 0 Å². The van der Waals surface area contributed by atoms with Crippen LogP contribution in [0.1, 0.15) is 30.2 Å². The van der Waals surface area contributed by atoms with E-state index in [1.54, 1.807) is 6.92 Å². The van der Waals surface area contributed by atoms with E-state index in [9.17, 15) is 13.6 Å². The number of aromatic nitrogens is 1. The minimum Gasteiger partial charge on any atom is -0.466 e. The molecule has 0 aliphatic carbocycles. The highest BCUT2D eigenvalue weighted by Gasteiger charge is 2.20. The number of ether oxygens (including phenoxy) is 1. The van der Waals surface area contributed by atoms with E-state index >= 15 is 0 Å². The molecule has 0 spiro atoms. The van der Waals surface area contributed by atoms with Crippen LogP contribution in [0.15, 0.2) is 6.07 Å². The van der Waals surface area contributed by atoms with Gasteiger partial charge in [-0.2, -0.15) is 0 Å². The fourth-order valence-corrected chi connectivity index (χ4v) is 1.87. The lowest BCUT2D eigenvalue weighted by molar-refractivity contribution is -0.142. The van der Waals surface area contributed by atoms with Crippen molar-refractivity contribution in [2.24, 2.45) is 0 Å². The zero-order valence-corrected chi connectivity index (χ0v) is 11.1. The van der Waals surface area contributed by atoms with Gasteiger partial charge in [0, 0.05) is 5.56 Å². The summed E-state index contributed by atoms with van der Waals surface area (Å²) in [7, 11) is 0. The quantitative estimate of drug-likeness (QED) is 0.474. The third-order valence-corrected chi connectivity index (χ3v) is 2.77. The van der Waals surface area contributed by atoms with Crippen LogP contribution in [0.3, 0.4) is 0 Å². The molecule has 18 heavy (non-hydrogen) atoms. The highest BCUT2D eigenvalue weighted by molar-refractivity contribution is 6.31. The van der Waals surface area contributed by atoms with Gasteiger partial charge in [0.1, 0.15) is 10.8 Å². The Morgan fingerprint density at radius 2 is 2.17 bits per heavy atom. The van der Waals surface area contributed by atoms with Crippen LogP contribution in [0.5, 0.6) is 0 Å². The highest BCUT2D eigenvalue weighted by Crippen LogP contribution is 2.27. The smallest absolute Gasteiger partial charge is 0.310 e. The van der Waals surface area contributed by atoms with E-state index < -0.39 is 18.1 Å². The molecule has 100 valence electrons. The summed E-state index contributed by atoms with van der Waals surface area (Å²) in [5.74, 6) is -0.561. The van der Waals surface area contributed by atoms with E-state index in [-0.39, 0.29) is 29.6 Å². The predicted molar refractivity (Wildman–Crippen MR) is 64.1 cm³/mol. The molecule has 0 unspecified atom stereocenters. The predicted octanol–water partition coefficient (Wildman–Crippen LogP) is 3.52. The average Bonchev–Trinajstić information content (AvgIpc) is 2.30. The Balaban J connectivity index is 3.10. The zero-order valence-electron chi connectivity index (χ0n) is 9.55. The van der Waals surface area contributed by atoms with Crippen LogP contribution >= 0.6 is 23.2 Å². The number of hydrogen-bond donors (Lipinski definition) is 0. The van der Waals surface area contributed by atoms with E-state index in [1.807, 2.05) is 0 Å². The van der Waals surface area contributed by atoms with Gasteiger partial charge >= 0.3 is 5.97 Å². The summed E-state index contributed by atoms with van der Waals surface area (Å²) in [6, 6.07) is 1.36. The first-order valence-corrected chi connectivity index (χ1v) is 6.08. The minimum atomic E-state index is -2.81. The Kier molecular flexibility index (Phi) is 5.75. The van der Waals surface area contributed by atoms with Crippen molar-refractivity contribution < 1.29 is 18.3 Å². The largest absolute Gasteiger partial charge is 0.466 e.